The maximum absolute atomic E-state index is 12.7. The van der Waals surface area contributed by atoms with E-state index in [1.54, 1.807) is 12.1 Å². The summed E-state index contributed by atoms with van der Waals surface area (Å²) in [5, 5.41) is 18.4. The number of aromatic hydroxyl groups is 1. The van der Waals surface area contributed by atoms with Gasteiger partial charge in [0.2, 0.25) is 5.91 Å². The fourth-order valence-corrected chi connectivity index (χ4v) is 3.60. The monoisotopic (exact) mass is 289 g/mol. The smallest absolute Gasteiger partial charge is 0.323 e. The minimum absolute atomic E-state index is 0.0133. The lowest BCUT2D eigenvalue weighted by Crippen LogP contribution is -2.37. The summed E-state index contributed by atoms with van der Waals surface area (Å²) in [5.41, 5.74) is 0.531. The summed E-state index contributed by atoms with van der Waals surface area (Å²) in [6.07, 6.45) is 4.50. The van der Waals surface area contributed by atoms with Gasteiger partial charge in [-0.2, -0.15) is 0 Å². The Morgan fingerprint density at radius 3 is 2.19 bits per heavy atom. The molecule has 2 aliphatic rings. The number of rotatable bonds is 4. The minimum Gasteiger partial charge on any atom is -0.508 e. The van der Waals surface area contributed by atoms with Crippen LogP contribution in [0, 0.1) is 17.8 Å². The minimum atomic E-state index is -1.03. The summed E-state index contributed by atoms with van der Waals surface area (Å²) in [6.45, 7) is -0.334. The van der Waals surface area contributed by atoms with Crippen molar-refractivity contribution in [2.75, 3.05) is 11.4 Å². The van der Waals surface area contributed by atoms with Crippen LogP contribution in [0.1, 0.15) is 25.7 Å². The number of amides is 1. The third-order valence-electron chi connectivity index (χ3n) is 4.66. The zero-order valence-corrected chi connectivity index (χ0v) is 11.7. The van der Waals surface area contributed by atoms with E-state index in [1.807, 2.05) is 0 Å². The number of hydrogen-bond donors (Lipinski definition) is 2. The van der Waals surface area contributed by atoms with Gasteiger partial charge in [-0.05, 0) is 48.9 Å². The van der Waals surface area contributed by atoms with Crippen LogP contribution >= 0.6 is 0 Å². The fraction of sp³-hybridized carbons (Fsp3) is 0.500. The maximum atomic E-state index is 12.7. The molecule has 2 fully saturated rings. The average Bonchev–Trinajstić information content (AvgIpc) is 3.19. The molecule has 0 bridgehead atoms. The van der Waals surface area contributed by atoms with Gasteiger partial charge in [0.1, 0.15) is 12.3 Å². The van der Waals surface area contributed by atoms with E-state index in [1.165, 1.54) is 29.9 Å². The summed E-state index contributed by atoms with van der Waals surface area (Å²) >= 11 is 0. The molecule has 2 aliphatic carbocycles. The van der Waals surface area contributed by atoms with E-state index in [0.29, 0.717) is 17.5 Å². The zero-order chi connectivity index (χ0) is 15.0. The van der Waals surface area contributed by atoms with Gasteiger partial charge < -0.3 is 15.1 Å². The molecule has 2 atom stereocenters. The van der Waals surface area contributed by atoms with Crippen molar-refractivity contribution in [1.82, 2.24) is 0 Å². The van der Waals surface area contributed by atoms with E-state index >= 15 is 0 Å². The Morgan fingerprint density at radius 2 is 1.67 bits per heavy atom. The first-order valence-corrected chi connectivity index (χ1v) is 7.40. The molecule has 1 amide bonds. The summed E-state index contributed by atoms with van der Waals surface area (Å²) in [4.78, 5) is 25.1. The van der Waals surface area contributed by atoms with Gasteiger partial charge in [-0.25, -0.2) is 0 Å². The molecule has 5 heteroatoms. The van der Waals surface area contributed by atoms with Gasteiger partial charge in [-0.3, -0.25) is 9.59 Å². The number of carbonyl (C=O) groups excluding carboxylic acids is 1. The van der Waals surface area contributed by atoms with E-state index in [-0.39, 0.29) is 24.1 Å². The molecule has 0 aliphatic heterocycles. The van der Waals surface area contributed by atoms with Crippen LogP contribution in [0.5, 0.6) is 5.75 Å². The lowest BCUT2D eigenvalue weighted by molar-refractivity contribution is -0.136. The first-order chi connectivity index (χ1) is 10.1. The number of hydrogen-bond acceptors (Lipinski definition) is 3. The number of nitrogens with zero attached hydrogens (tertiary/aromatic N) is 1. The number of fused-ring (bicyclic) bond motifs is 1. The highest BCUT2D eigenvalue weighted by molar-refractivity contribution is 6.00. The molecule has 21 heavy (non-hydrogen) atoms. The lowest BCUT2D eigenvalue weighted by Gasteiger charge is -2.21. The molecular weight excluding hydrogens is 270 g/mol. The number of anilines is 1. The summed E-state index contributed by atoms with van der Waals surface area (Å²) in [6, 6.07) is 6.11. The second kappa shape index (κ2) is 5.39. The number of benzene rings is 1. The van der Waals surface area contributed by atoms with Crippen LogP contribution in [0.25, 0.3) is 0 Å². The van der Waals surface area contributed by atoms with Crippen molar-refractivity contribution in [3.8, 4) is 5.75 Å². The molecule has 2 N–H and O–H groups in total. The normalized spacial score (nSPS) is 26.8. The van der Waals surface area contributed by atoms with Crippen LogP contribution in [-0.4, -0.2) is 28.6 Å². The van der Waals surface area contributed by atoms with E-state index in [4.69, 9.17) is 5.11 Å². The highest BCUT2D eigenvalue weighted by atomic mass is 16.4. The van der Waals surface area contributed by atoms with Crippen molar-refractivity contribution in [3.63, 3.8) is 0 Å². The highest BCUT2D eigenvalue weighted by Gasteiger charge is 2.56. The van der Waals surface area contributed by atoms with Gasteiger partial charge in [-0.15, -0.1) is 0 Å². The quantitative estimate of drug-likeness (QED) is 0.891. The molecule has 3 rings (SSSR count). The third-order valence-corrected chi connectivity index (χ3v) is 4.66. The molecule has 0 aromatic heterocycles. The number of carbonyl (C=O) groups is 2. The van der Waals surface area contributed by atoms with Crippen LogP contribution in [0.4, 0.5) is 5.69 Å². The molecule has 1 aromatic rings. The molecule has 5 nitrogen and oxygen atoms in total. The van der Waals surface area contributed by atoms with Crippen LogP contribution in [0.2, 0.25) is 0 Å². The Labute approximate surface area is 123 Å². The largest absolute Gasteiger partial charge is 0.508 e. The first-order valence-electron chi connectivity index (χ1n) is 7.40. The summed E-state index contributed by atoms with van der Waals surface area (Å²) in [5.74, 6) is -0.137. The summed E-state index contributed by atoms with van der Waals surface area (Å²) < 4.78 is 0. The van der Waals surface area contributed by atoms with Gasteiger partial charge in [-0.1, -0.05) is 12.8 Å². The zero-order valence-electron chi connectivity index (χ0n) is 11.7. The molecule has 0 saturated heterocycles. The maximum Gasteiger partial charge on any atom is 0.323 e. The van der Waals surface area contributed by atoms with Gasteiger partial charge in [0.05, 0.1) is 0 Å². The molecule has 0 heterocycles. The fourth-order valence-electron chi connectivity index (χ4n) is 3.60. The Balaban J connectivity index is 1.80. The lowest BCUT2D eigenvalue weighted by atomic mass is 10.0. The molecule has 0 spiro atoms. The molecule has 1 aromatic carbocycles. The Hall–Kier alpha value is -2.04. The average molecular weight is 289 g/mol. The van der Waals surface area contributed by atoms with Gasteiger partial charge >= 0.3 is 5.97 Å². The third kappa shape index (κ3) is 2.73. The second-order valence-corrected chi connectivity index (χ2v) is 5.97. The van der Waals surface area contributed by atoms with E-state index in [9.17, 15) is 14.7 Å². The van der Waals surface area contributed by atoms with Gasteiger partial charge in [0.15, 0.2) is 0 Å². The Kier molecular flexibility index (Phi) is 3.57. The van der Waals surface area contributed by atoms with Crippen molar-refractivity contribution >= 4 is 17.6 Å². The summed E-state index contributed by atoms with van der Waals surface area (Å²) in [7, 11) is 0. The molecule has 2 unspecified atom stereocenters. The van der Waals surface area contributed by atoms with E-state index in [0.717, 1.165) is 12.8 Å². The van der Waals surface area contributed by atoms with Crippen LogP contribution in [-0.2, 0) is 9.59 Å². The van der Waals surface area contributed by atoms with Crippen molar-refractivity contribution in [1.29, 1.82) is 0 Å². The van der Waals surface area contributed by atoms with Gasteiger partial charge in [0, 0.05) is 11.6 Å². The second-order valence-electron chi connectivity index (χ2n) is 5.97. The highest BCUT2D eigenvalue weighted by Crippen LogP contribution is 2.56. The number of carboxylic acids is 1. The Bertz CT molecular complexity index is 542. The van der Waals surface area contributed by atoms with Gasteiger partial charge in [0.25, 0.3) is 0 Å². The van der Waals surface area contributed by atoms with E-state index in [2.05, 4.69) is 0 Å². The predicted octanol–water partition coefficient (Wildman–Crippen LogP) is 2.25. The molecule has 2 saturated carbocycles. The van der Waals surface area contributed by atoms with Crippen molar-refractivity contribution in [3.05, 3.63) is 24.3 Å². The van der Waals surface area contributed by atoms with Crippen molar-refractivity contribution in [2.24, 2.45) is 17.8 Å². The first kappa shape index (κ1) is 13.9. The molecule has 0 radical (unpaired) electrons. The predicted molar refractivity (Wildman–Crippen MR) is 77.0 cm³/mol. The van der Waals surface area contributed by atoms with Crippen molar-refractivity contribution in [2.45, 2.75) is 25.7 Å². The SMILES string of the molecule is O=C(O)CN(C(=O)C1C2CCCCC21)c1ccc(O)cc1. The number of carboxylic acid groups (broad SMARTS) is 1. The van der Waals surface area contributed by atoms with Crippen molar-refractivity contribution < 1.29 is 19.8 Å². The number of phenolic OH excluding ortho intramolecular Hbond substituents is 1. The Morgan fingerprint density at radius 1 is 1.10 bits per heavy atom. The molecule has 112 valence electrons. The molecular formula is C16H19NO4. The van der Waals surface area contributed by atoms with Crippen LogP contribution in [0.15, 0.2) is 24.3 Å². The topological polar surface area (TPSA) is 77.8 Å². The standard InChI is InChI=1S/C16H19NO4/c18-11-7-5-10(6-8-11)17(9-14(19)20)16(21)15-12-3-1-2-4-13(12)15/h5-8,12-13,15,18H,1-4,9H2,(H,19,20). The van der Waals surface area contributed by atoms with Crippen LogP contribution in [0.3, 0.4) is 0 Å². The number of aliphatic carboxylic acids is 1. The van der Waals surface area contributed by atoms with Crippen LogP contribution < -0.4 is 4.90 Å². The number of phenols is 1. The van der Waals surface area contributed by atoms with E-state index < -0.39 is 5.97 Å².